The number of terminal acetylenes is 1. The van der Waals surface area contributed by atoms with E-state index in [0.717, 1.165) is 18.7 Å². The molecule has 0 radical (unpaired) electrons. The molecular formula is C15H35NO3S. The lowest BCUT2D eigenvalue weighted by Crippen LogP contribution is -2.08. The van der Waals surface area contributed by atoms with Crippen LogP contribution in [0.25, 0.3) is 0 Å². The van der Waals surface area contributed by atoms with Crippen LogP contribution in [0.5, 0.6) is 0 Å². The highest BCUT2D eigenvalue weighted by Gasteiger charge is 1.80. The highest BCUT2D eigenvalue weighted by atomic mass is 32.1. The van der Waals surface area contributed by atoms with Crippen molar-refractivity contribution < 1.29 is 15.0 Å². The van der Waals surface area contributed by atoms with Crippen LogP contribution in [0.1, 0.15) is 47.5 Å². The molecule has 0 aromatic rings. The van der Waals surface area contributed by atoms with Gasteiger partial charge in [0.25, 0.3) is 0 Å². The van der Waals surface area contributed by atoms with E-state index < -0.39 is 5.97 Å². The van der Waals surface area contributed by atoms with Gasteiger partial charge in [0.1, 0.15) is 0 Å². The van der Waals surface area contributed by atoms with E-state index in [9.17, 15) is 4.79 Å². The van der Waals surface area contributed by atoms with Gasteiger partial charge >= 0.3 is 5.97 Å². The maximum atomic E-state index is 9.37. The topological polar surface area (TPSA) is 60.8 Å². The molecule has 0 aromatic heterocycles. The lowest BCUT2D eigenvalue weighted by molar-refractivity contribution is -0.136. The van der Waals surface area contributed by atoms with Gasteiger partial charge in [0.15, 0.2) is 0 Å². The normalized spacial score (nSPS) is 7.05. The fourth-order valence-electron chi connectivity index (χ4n) is 0. The highest BCUT2D eigenvalue weighted by Crippen LogP contribution is 1.67. The van der Waals surface area contributed by atoms with Crippen LogP contribution in [0.15, 0.2) is 0 Å². The van der Waals surface area contributed by atoms with Crippen molar-refractivity contribution in [1.82, 2.24) is 4.90 Å². The van der Waals surface area contributed by atoms with E-state index in [1.54, 1.807) is 13.8 Å². The quantitative estimate of drug-likeness (QED) is 0.542. The van der Waals surface area contributed by atoms with Gasteiger partial charge < -0.3 is 15.1 Å². The first-order valence-corrected chi connectivity index (χ1v) is 7.43. The van der Waals surface area contributed by atoms with Crippen molar-refractivity contribution in [2.45, 2.75) is 47.5 Å². The fourth-order valence-corrected chi connectivity index (χ4v) is 0. The van der Waals surface area contributed by atoms with Gasteiger partial charge in [-0.05, 0) is 33.3 Å². The maximum absolute atomic E-state index is 9.37. The van der Waals surface area contributed by atoms with E-state index in [2.05, 4.69) is 44.5 Å². The molecule has 2 N–H and O–H groups in total. The third kappa shape index (κ3) is 249. The van der Waals surface area contributed by atoms with Gasteiger partial charge in [0, 0.05) is 19.4 Å². The van der Waals surface area contributed by atoms with E-state index in [1.807, 2.05) is 13.8 Å². The molecule has 0 amide bonds. The Morgan fingerprint density at radius 2 is 1.35 bits per heavy atom. The van der Waals surface area contributed by atoms with Gasteiger partial charge in [0.05, 0.1) is 0 Å². The summed E-state index contributed by atoms with van der Waals surface area (Å²) in [4.78, 5) is 11.5. The zero-order valence-corrected chi connectivity index (χ0v) is 15.2. The van der Waals surface area contributed by atoms with Gasteiger partial charge in [-0.2, -0.15) is 12.6 Å². The minimum absolute atomic E-state index is 0.222. The molecule has 20 heavy (non-hydrogen) atoms. The summed E-state index contributed by atoms with van der Waals surface area (Å²) >= 11 is 3.79. The summed E-state index contributed by atoms with van der Waals surface area (Å²) in [6, 6.07) is 0. The molecule has 124 valence electrons. The predicted molar refractivity (Wildman–Crippen MR) is 93.6 cm³/mol. The zero-order valence-electron chi connectivity index (χ0n) is 14.3. The Balaban J connectivity index is -0.0000000478. The zero-order chi connectivity index (χ0) is 17.4. The second-order valence-electron chi connectivity index (χ2n) is 3.33. The summed E-state index contributed by atoms with van der Waals surface area (Å²) in [5, 5.41) is 15.3. The minimum atomic E-state index is -0.745. The Bertz CT molecular complexity index is 178. The van der Waals surface area contributed by atoms with Gasteiger partial charge in [-0.1, -0.05) is 27.7 Å². The number of nitrogens with zero attached hydrogens (tertiary/aromatic N) is 1. The smallest absolute Gasteiger partial charge is 0.303 e. The van der Waals surface area contributed by atoms with Crippen LogP contribution >= 0.6 is 12.6 Å². The highest BCUT2D eigenvalue weighted by molar-refractivity contribution is 7.80. The minimum Gasteiger partial charge on any atom is -0.481 e. The number of rotatable bonds is 2. The van der Waals surface area contributed by atoms with Gasteiger partial charge in [-0.25, -0.2) is 0 Å². The maximum Gasteiger partial charge on any atom is 0.303 e. The van der Waals surface area contributed by atoms with Crippen molar-refractivity contribution in [3.05, 3.63) is 0 Å². The van der Waals surface area contributed by atoms with E-state index in [0.29, 0.717) is 0 Å². The molecule has 0 atom stereocenters. The Labute approximate surface area is 132 Å². The molecule has 0 aromatic carbocycles. The predicted octanol–water partition coefficient (Wildman–Crippen LogP) is 3.01. The number of carbonyl (C=O) groups is 1. The number of aliphatic carboxylic acids is 1. The van der Waals surface area contributed by atoms with Crippen LogP contribution in [0.4, 0.5) is 0 Å². The molecular weight excluding hydrogens is 274 g/mol. The first kappa shape index (κ1) is 31.6. The third-order valence-electron chi connectivity index (χ3n) is 1.14. The van der Waals surface area contributed by atoms with E-state index in [1.165, 1.54) is 0 Å². The van der Waals surface area contributed by atoms with Crippen LogP contribution < -0.4 is 0 Å². The number of carboxylic acid groups (broad SMARTS) is 1. The number of thiol groups is 1. The lowest BCUT2D eigenvalue weighted by Gasteiger charge is -2.00. The van der Waals surface area contributed by atoms with Crippen LogP contribution in [-0.2, 0) is 4.79 Å². The number of hydrogen-bond acceptors (Lipinski definition) is 4. The molecule has 0 saturated heterocycles. The Morgan fingerprint density at radius 1 is 1.20 bits per heavy atom. The summed E-state index contributed by atoms with van der Waals surface area (Å²) < 4.78 is 0. The van der Waals surface area contributed by atoms with Crippen molar-refractivity contribution >= 4 is 18.6 Å². The van der Waals surface area contributed by atoms with Crippen molar-refractivity contribution in [1.29, 1.82) is 0 Å². The lowest BCUT2D eigenvalue weighted by atomic mass is 10.5. The molecule has 5 heteroatoms. The van der Waals surface area contributed by atoms with E-state index in [-0.39, 0.29) is 13.0 Å². The second-order valence-corrected chi connectivity index (χ2v) is 3.97. The first-order valence-electron chi connectivity index (χ1n) is 6.80. The second kappa shape index (κ2) is 42.9. The molecule has 0 rings (SSSR count). The summed E-state index contributed by atoms with van der Waals surface area (Å²) in [5.41, 5.74) is 0. The van der Waals surface area contributed by atoms with E-state index in [4.69, 9.17) is 16.6 Å². The summed E-state index contributed by atoms with van der Waals surface area (Å²) in [5.74, 6) is 2.63. The van der Waals surface area contributed by atoms with Crippen LogP contribution in [0.2, 0.25) is 0 Å². The Morgan fingerprint density at radius 3 is 1.35 bits per heavy atom. The molecule has 4 nitrogen and oxygen atoms in total. The first-order chi connectivity index (χ1) is 9.28. The Kier molecular flexibility index (Phi) is 67.8. The standard InChI is InChI=1S/C4H11N.C4H6.C3H6O2.C2H6O.C2H6S/c1-4-5(2)3;1-3-4-2;1-2-3(4)5;2*1-2-3/h4H2,1-3H3;1H,4H2,2H3;2H2,1H3,(H,4,5);2*3H,2H2,1H3. The molecule has 0 saturated carbocycles. The number of aliphatic hydroxyl groups excluding tert-OH is 1. The SMILES string of the molecule is C#CCC.CCC(=O)O.CCN(C)C.CCO.CCS. The van der Waals surface area contributed by atoms with Gasteiger partial charge in [-0.3, -0.25) is 4.79 Å². The molecule has 0 bridgehead atoms. The van der Waals surface area contributed by atoms with Crippen LogP contribution in [-0.4, -0.2) is 54.1 Å². The number of aliphatic hydroxyl groups is 1. The molecule has 0 aliphatic heterocycles. The molecule has 0 unspecified atom stereocenters. The fraction of sp³-hybridized carbons (Fsp3) is 0.800. The monoisotopic (exact) mass is 309 g/mol. The van der Waals surface area contributed by atoms with E-state index >= 15 is 0 Å². The Hall–Kier alpha value is -0.700. The van der Waals surface area contributed by atoms with Crippen LogP contribution in [0.3, 0.4) is 0 Å². The molecule has 0 aliphatic rings. The summed E-state index contributed by atoms with van der Waals surface area (Å²) in [7, 11) is 4.11. The van der Waals surface area contributed by atoms with Gasteiger partial charge in [0.2, 0.25) is 0 Å². The van der Waals surface area contributed by atoms with Crippen molar-refractivity contribution in [2.24, 2.45) is 0 Å². The molecule has 0 aliphatic carbocycles. The summed E-state index contributed by atoms with van der Waals surface area (Å²) in [6.07, 6.45) is 5.85. The van der Waals surface area contributed by atoms with Crippen LogP contribution in [0, 0.1) is 12.3 Å². The average Bonchev–Trinajstić information content (AvgIpc) is 2.41. The largest absolute Gasteiger partial charge is 0.481 e. The average molecular weight is 310 g/mol. The van der Waals surface area contributed by atoms with Crippen molar-refractivity contribution in [3.63, 3.8) is 0 Å². The molecule has 0 heterocycles. The number of hydrogen-bond donors (Lipinski definition) is 3. The molecule has 0 spiro atoms. The van der Waals surface area contributed by atoms with Crippen molar-refractivity contribution in [3.8, 4) is 12.3 Å². The molecule has 0 fully saturated rings. The van der Waals surface area contributed by atoms with Gasteiger partial charge in [-0.15, -0.1) is 12.3 Å². The third-order valence-corrected chi connectivity index (χ3v) is 1.14. The number of carboxylic acids is 1. The van der Waals surface area contributed by atoms with Crippen molar-refractivity contribution in [2.75, 3.05) is 33.0 Å². The summed E-state index contributed by atoms with van der Waals surface area (Å²) in [6.45, 7) is 10.7.